The largest absolute Gasteiger partial charge is 0.465 e. The van der Waals surface area contributed by atoms with Gasteiger partial charge in [-0.1, -0.05) is 30.3 Å². The molecule has 0 spiro atoms. The van der Waals surface area contributed by atoms with Gasteiger partial charge in [0.25, 0.3) is 10.0 Å². The van der Waals surface area contributed by atoms with Crippen molar-refractivity contribution in [2.24, 2.45) is 5.73 Å². The number of nitrogens with two attached hydrogens (primary N) is 1. The van der Waals surface area contributed by atoms with Crippen LogP contribution in [0.5, 0.6) is 0 Å². The second-order valence-corrected chi connectivity index (χ2v) is 7.36. The fourth-order valence-corrected chi connectivity index (χ4v) is 3.80. The average Bonchev–Trinajstić information content (AvgIpc) is 3.01. The number of hydrogen-bond acceptors (Lipinski definition) is 6. The smallest absolute Gasteiger partial charge is 0.341 e. The van der Waals surface area contributed by atoms with E-state index in [2.05, 4.69) is 4.74 Å². The summed E-state index contributed by atoms with van der Waals surface area (Å²) in [5.41, 5.74) is 6.48. The Hall–Kier alpha value is -1.87. The molecule has 0 bridgehead atoms. The molecule has 0 amide bonds. The number of aryl methyl sites for hydroxylation is 1. The Balaban J connectivity index is 0.00000338. The summed E-state index contributed by atoms with van der Waals surface area (Å²) in [6.45, 7) is 2.33. The van der Waals surface area contributed by atoms with E-state index in [9.17, 15) is 13.2 Å². The average molecular weight is 403 g/mol. The van der Waals surface area contributed by atoms with Crippen LogP contribution in [0.15, 0.2) is 45.9 Å². The molecule has 0 saturated carbocycles. The monoisotopic (exact) mass is 402 g/mol. The molecular weight excluding hydrogens is 380 g/mol. The zero-order chi connectivity index (χ0) is 18.4. The number of carbonyl (C=O) groups excluding carboxylic acids is 1. The van der Waals surface area contributed by atoms with Crippen molar-refractivity contribution in [3.63, 3.8) is 0 Å². The lowest BCUT2D eigenvalue weighted by Gasteiger charge is -2.20. The Kier molecular flexibility index (Phi) is 8.29. The number of rotatable bonds is 8. The molecule has 0 aliphatic rings. The number of esters is 1. The van der Waals surface area contributed by atoms with E-state index in [0.717, 1.165) is 5.56 Å². The Labute approximate surface area is 159 Å². The molecule has 0 aliphatic carbocycles. The number of ether oxygens (including phenoxy) is 1. The van der Waals surface area contributed by atoms with Crippen molar-refractivity contribution in [3.8, 4) is 0 Å². The van der Waals surface area contributed by atoms with Crippen molar-refractivity contribution < 1.29 is 22.4 Å². The van der Waals surface area contributed by atoms with Crippen LogP contribution >= 0.6 is 12.4 Å². The first-order chi connectivity index (χ1) is 11.9. The first kappa shape index (κ1) is 22.2. The minimum atomic E-state index is -3.91. The third-order valence-corrected chi connectivity index (χ3v) is 5.41. The van der Waals surface area contributed by atoms with E-state index in [1.165, 1.54) is 24.4 Å². The van der Waals surface area contributed by atoms with Crippen LogP contribution in [-0.2, 0) is 21.3 Å². The number of benzene rings is 1. The maximum absolute atomic E-state index is 13.0. The highest BCUT2D eigenvalue weighted by Crippen LogP contribution is 2.24. The van der Waals surface area contributed by atoms with Crippen molar-refractivity contribution in [3.05, 3.63) is 53.3 Å². The summed E-state index contributed by atoms with van der Waals surface area (Å²) in [5, 5.41) is -0.279. The van der Waals surface area contributed by atoms with Crippen LogP contribution in [0.25, 0.3) is 0 Å². The lowest BCUT2D eigenvalue weighted by molar-refractivity contribution is 0.0598. The predicted molar refractivity (Wildman–Crippen MR) is 99.7 cm³/mol. The highest BCUT2D eigenvalue weighted by atomic mass is 35.5. The Morgan fingerprint density at radius 1 is 1.27 bits per heavy atom. The Bertz CT molecular complexity index is 821. The van der Waals surface area contributed by atoms with Gasteiger partial charge in [0, 0.05) is 19.2 Å². The van der Waals surface area contributed by atoms with E-state index in [1.54, 1.807) is 0 Å². The summed E-state index contributed by atoms with van der Waals surface area (Å²) in [6, 6.07) is 10.4. The van der Waals surface area contributed by atoms with Gasteiger partial charge >= 0.3 is 5.97 Å². The molecule has 9 heteroatoms. The highest BCUT2D eigenvalue weighted by molar-refractivity contribution is 7.89. The van der Waals surface area contributed by atoms with E-state index in [1.807, 2.05) is 30.3 Å². The van der Waals surface area contributed by atoms with Crippen LogP contribution in [0.4, 0.5) is 0 Å². The van der Waals surface area contributed by atoms with Crippen molar-refractivity contribution in [2.75, 3.05) is 20.2 Å². The maximum Gasteiger partial charge on any atom is 0.341 e. The van der Waals surface area contributed by atoms with Crippen LogP contribution in [-0.4, -0.2) is 38.9 Å². The first-order valence-electron chi connectivity index (χ1n) is 7.83. The predicted octanol–water partition coefficient (Wildman–Crippen LogP) is 2.34. The van der Waals surface area contributed by atoms with Crippen LogP contribution < -0.4 is 5.73 Å². The van der Waals surface area contributed by atoms with E-state index < -0.39 is 16.0 Å². The van der Waals surface area contributed by atoms with Gasteiger partial charge in [-0.3, -0.25) is 0 Å². The third-order valence-electron chi connectivity index (χ3n) is 3.71. The molecule has 26 heavy (non-hydrogen) atoms. The van der Waals surface area contributed by atoms with Crippen LogP contribution in [0.1, 0.15) is 28.1 Å². The molecule has 2 aromatic rings. The zero-order valence-corrected chi connectivity index (χ0v) is 16.3. The summed E-state index contributed by atoms with van der Waals surface area (Å²) in [7, 11) is -2.68. The number of nitrogens with zero attached hydrogens (tertiary/aromatic N) is 1. The summed E-state index contributed by atoms with van der Waals surface area (Å²) < 4.78 is 37.2. The minimum Gasteiger partial charge on any atom is -0.465 e. The van der Waals surface area contributed by atoms with Gasteiger partial charge in [0.15, 0.2) is 0 Å². The van der Waals surface area contributed by atoms with E-state index in [0.29, 0.717) is 13.0 Å². The molecule has 0 fully saturated rings. The molecule has 0 saturated heterocycles. The van der Waals surface area contributed by atoms with Crippen molar-refractivity contribution in [1.82, 2.24) is 4.31 Å². The molecule has 0 unspecified atom stereocenters. The molecule has 1 aromatic heterocycles. The van der Waals surface area contributed by atoms with E-state index in [-0.39, 0.29) is 41.9 Å². The number of furan rings is 1. The zero-order valence-electron chi connectivity index (χ0n) is 14.7. The topological polar surface area (TPSA) is 103 Å². The molecular formula is C17H23ClN2O5S. The standard InChI is InChI=1S/C17H22N2O5S.ClH/c1-13-15(17(20)23-2)11-16(24-13)25(21,22)19(10-6-9-18)12-14-7-4-3-5-8-14;/h3-5,7-8,11H,6,9-10,12,18H2,1-2H3;1H. The number of carbonyl (C=O) groups is 1. The molecule has 7 nitrogen and oxygen atoms in total. The first-order valence-corrected chi connectivity index (χ1v) is 9.27. The van der Waals surface area contributed by atoms with Crippen molar-refractivity contribution in [2.45, 2.75) is 25.0 Å². The van der Waals surface area contributed by atoms with Crippen molar-refractivity contribution in [1.29, 1.82) is 0 Å². The lowest BCUT2D eigenvalue weighted by atomic mass is 10.2. The summed E-state index contributed by atoms with van der Waals surface area (Å²) in [6.07, 6.45) is 0.510. The van der Waals surface area contributed by atoms with Gasteiger partial charge in [0.05, 0.1) is 7.11 Å². The Morgan fingerprint density at radius 3 is 2.50 bits per heavy atom. The SMILES string of the molecule is COC(=O)c1cc(S(=O)(=O)N(CCCN)Cc2ccccc2)oc1C.Cl. The fraction of sp³-hybridized carbons (Fsp3) is 0.353. The molecule has 0 radical (unpaired) electrons. The molecule has 2 N–H and O–H groups in total. The number of methoxy groups -OCH3 is 1. The molecule has 2 rings (SSSR count). The molecule has 0 aliphatic heterocycles. The van der Waals surface area contributed by atoms with Crippen molar-refractivity contribution >= 4 is 28.4 Å². The normalized spacial score (nSPS) is 11.2. The number of sulfonamides is 1. The van der Waals surface area contributed by atoms with E-state index in [4.69, 9.17) is 10.2 Å². The second-order valence-electron chi connectivity index (χ2n) is 5.49. The Morgan fingerprint density at radius 2 is 1.92 bits per heavy atom. The van der Waals surface area contributed by atoms with Gasteiger partial charge in [-0.25, -0.2) is 13.2 Å². The van der Waals surface area contributed by atoms with Gasteiger partial charge in [-0.05, 0) is 25.5 Å². The second kappa shape index (κ2) is 9.72. The number of halogens is 1. The lowest BCUT2D eigenvalue weighted by Crippen LogP contribution is -2.32. The molecule has 1 aromatic carbocycles. The van der Waals surface area contributed by atoms with Gasteiger partial charge in [0.1, 0.15) is 11.3 Å². The van der Waals surface area contributed by atoms with Gasteiger partial charge in [-0.2, -0.15) is 4.31 Å². The maximum atomic E-state index is 13.0. The van der Waals surface area contributed by atoms with Crippen LogP contribution in [0.2, 0.25) is 0 Å². The third kappa shape index (κ3) is 5.07. The highest BCUT2D eigenvalue weighted by Gasteiger charge is 2.30. The number of hydrogen-bond donors (Lipinski definition) is 1. The summed E-state index contributed by atoms with van der Waals surface area (Å²) in [4.78, 5) is 11.7. The van der Waals surface area contributed by atoms with Gasteiger partial charge in [-0.15, -0.1) is 12.4 Å². The molecule has 1 heterocycles. The quantitative estimate of drug-likeness (QED) is 0.680. The fourth-order valence-electron chi connectivity index (χ4n) is 2.36. The van der Waals surface area contributed by atoms with Gasteiger partial charge < -0.3 is 14.9 Å². The van der Waals surface area contributed by atoms with Gasteiger partial charge in [0.2, 0.25) is 5.09 Å². The molecule has 144 valence electrons. The van der Waals surface area contributed by atoms with Crippen LogP contribution in [0.3, 0.4) is 0 Å². The van der Waals surface area contributed by atoms with E-state index >= 15 is 0 Å². The minimum absolute atomic E-state index is 0. The van der Waals surface area contributed by atoms with Crippen LogP contribution in [0, 0.1) is 6.92 Å². The molecule has 0 atom stereocenters. The summed E-state index contributed by atoms with van der Waals surface area (Å²) in [5.74, 6) is -0.442. The summed E-state index contributed by atoms with van der Waals surface area (Å²) >= 11 is 0.